The topological polar surface area (TPSA) is 50.7 Å². The van der Waals surface area contributed by atoms with Crippen molar-refractivity contribution in [3.8, 4) is 11.3 Å². The van der Waals surface area contributed by atoms with E-state index in [2.05, 4.69) is 27.2 Å². The summed E-state index contributed by atoms with van der Waals surface area (Å²) in [4.78, 5) is 12.9. The largest absolute Gasteiger partial charge is 0.370 e. The Labute approximate surface area is 101 Å². The van der Waals surface area contributed by atoms with Gasteiger partial charge in [0.2, 0.25) is 0 Å². The average Bonchev–Trinajstić information content (AvgIpc) is 2.34. The van der Waals surface area contributed by atoms with Gasteiger partial charge in [0.25, 0.3) is 0 Å². The van der Waals surface area contributed by atoms with E-state index in [4.69, 9.17) is 0 Å². The van der Waals surface area contributed by atoms with Crippen LogP contribution in [0, 0.1) is 13.8 Å². The monoisotopic (exact) mass is 228 g/mol. The van der Waals surface area contributed by atoms with Gasteiger partial charge in [0.1, 0.15) is 12.1 Å². The Morgan fingerprint density at radius 2 is 1.94 bits per heavy atom. The van der Waals surface area contributed by atoms with Crippen LogP contribution in [-0.2, 0) is 0 Å². The minimum Gasteiger partial charge on any atom is -0.370 e. The van der Waals surface area contributed by atoms with Crippen molar-refractivity contribution < 1.29 is 0 Å². The third kappa shape index (κ3) is 2.41. The highest BCUT2D eigenvalue weighted by molar-refractivity contribution is 5.67. The predicted octanol–water partition coefficient (Wildman–Crippen LogP) is 2.59. The van der Waals surface area contributed by atoms with E-state index in [-0.39, 0.29) is 0 Å². The fourth-order valence-electron chi connectivity index (χ4n) is 1.69. The lowest BCUT2D eigenvalue weighted by Crippen LogP contribution is -2.03. The molecule has 4 heteroatoms. The Bertz CT molecular complexity index is 505. The van der Waals surface area contributed by atoms with Crippen LogP contribution in [0.5, 0.6) is 0 Å². The molecule has 0 aliphatic heterocycles. The van der Waals surface area contributed by atoms with Crippen LogP contribution in [0.15, 0.2) is 24.7 Å². The van der Waals surface area contributed by atoms with E-state index in [0.29, 0.717) is 0 Å². The zero-order valence-electron chi connectivity index (χ0n) is 10.4. The highest BCUT2D eigenvalue weighted by Gasteiger charge is 2.08. The van der Waals surface area contributed by atoms with Gasteiger partial charge >= 0.3 is 0 Å². The number of aryl methyl sites for hydroxylation is 1. The smallest absolute Gasteiger partial charge is 0.132 e. The Morgan fingerprint density at radius 3 is 2.59 bits per heavy atom. The zero-order chi connectivity index (χ0) is 12.3. The summed E-state index contributed by atoms with van der Waals surface area (Å²) in [6.07, 6.45) is 3.43. The molecule has 2 heterocycles. The Hall–Kier alpha value is -1.97. The number of pyridine rings is 1. The molecule has 88 valence electrons. The van der Waals surface area contributed by atoms with Crippen LogP contribution in [0.25, 0.3) is 11.3 Å². The van der Waals surface area contributed by atoms with Crippen LogP contribution in [-0.4, -0.2) is 21.5 Å². The van der Waals surface area contributed by atoms with Crippen LogP contribution < -0.4 is 5.32 Å². The summed E-state index contributed by atoms with van der Waals surface area (Å²) in [5.41, 5.74) is 4.02. The van der Waals surface area contributed by atoms with Gasteiger partial charge in [-0.05, 0) is 32.9 Å². The van der Waals surface area contributed by atoms with Gasteiger partial charge in [0.15, 0.2) is 0 Å². The third-order valence-electron chi connectivity index (χ3n) is 2.61. The van der Waals surface area contributed by atoms with Crippen molar-refractivity contribution >= 4 is 5.82 Å². The summed E-state index contributed by atoms with van der Waals surface area (Å²) in [7, 11) is 0. The third-order valence-corrected chi connectivity index (χ3v) is 2.61. The lowest BCUT2D eigenvalue weighted by Gasteiger charge is -2.10. The van der Waals surface area contributed by atoms with Gasteiger partial charge in [-0.15, -0.1) is 0 Å². The molecule has 17 heavy (non-hydrogen) atoms. The molecule has 0 fully saturated rings. The number of nitrogens with zero attached hydrogens (tertiary/aromatic N) is 3. The highest BCUT2D eigenvalue weighted by atomic mass is 15.0. The van der Waals surface area contributed by atoms with E-state index in [1.165, 1.54) is 0 Å². The number of hydrogen-bond donors (Lipinski definition) is 1. The predicted molar refractivity (Wildman–Crippen MR) is 68.9 cm³/mol. The first-order chi connectivity index (χ1) is 8.22. The van der Waals surface area contributed by atoms with Crippen molar-refractivity contribution in [2.75, 3.05) is 11.9 Å². The van der Waals surface area contributed by atoms with Crippen molar-refractivity contribution in [2.24, 2.45) is 0 Å². The quantitative estimate of drug-likeness (QED) is 0.877. The maximum absolute atomic E-state index is 4.33. The summed E-state index contributed by atoms with van der Waals surface area (Å²) < 4.78 is 0. The summed E-state index contributed by atoms with van der Waals surface area (Å²) in [5, 5.41) is 3.23. The summed E-state index contributed by atoms with van der Waals surface area (Å²) >= 11 is 0. The molecule has 0 bridgehead atoms. The first kappa shape index (κ1) is 11.5. The molecule has 0 aliphatic rings. The first-order valence-corrected chi connectivity index (χ1v) is 5.71. The molecule has 4 nitrogen and oxygen atoms in total. The number of nitrogens with one attached hydrogen (secondary N) is 1. The summed E-state index contributed by atoms with van der Waals surface area (Å²) in [6.45, 7) is 6.89. The molecule has 0 spiro atoms. The van der Waals surface area contributed by atoms with Crippen molar-refractivity contribution in [3.05, 3.63) is 35.9 Å². The van der Waals surface area contributed by atoms with E-state index in [1.807, 2.05) is 32.2 Å². The van der Waals surface area contributed by atoms with Crippen LogP contribution in [0.3, 0.4) is 0 Å². The maximum Gasteiger partial charge on any atom is 0.132 e. The summed E-state index contributed by atoms with van der Waals surface area (Å²) in [5.74, 6) is 0.887. The first-order valence-electron chi connectivity index (χ1n) is 5.71. The molecule has 0 amide bonds. The fraction of sp³-hybridized carbons (Fsp3) is 0.308. The molecule has 2 rings (SSSR count). The highest BCUT2D eigenvalue weighted by Crippen LogP contribution is 2.23. The van der Waals surface area contributed by atoms with E-state index in [9.17, 15) is 0 Å². The molecule has 0 saturated heterocycles. The molecular formula is C13H16N4. The molecular weight excluding hydrogens is 212 g/mol. The normalized spacial score (nSPS) is 10.3. The fourth-order valence-corrected chi connectivity index (χ4v) is 1.69. The van der Waals surface area contributed by atoms with Gasteiger partial charge in [-0.1, -0.05) is 0 Å². The van der Waals surface area contributed by atoms with E-state index >= 15 is 0 Å². The van der Waals surface area contributed by atoms with Gasteiger partial charge in [-0.3, -0.25) is 4.98 Å². The Kier molecular flexibility index (Phi) is 3.32. The SMILES string of the molecule is CCNc1ncnc(-c2ccc(C)nc2)c1C. The molecule has 2 aromatic rings. The Morgan fingerprint density at radius 1 is 1.12 bits per heavy atom. The molecule has 0 unspecified atom stereocenters. The Balaban J connectivity index is 2.45. The van der Waals surface area contributed by atoms with Gasteiger partial charge in [0, 0.05) is 29.6 Å². The minimum atomic E-state index is 0.851. The molecule has 0 aromatic carbocycles. The van der Waals surface area contributed by atoms with Crippen LogP contribution in [0.2, 0.25) is 0 Å². The lowest BCUT2D eigenvalue weighted by molar-refractivity contribution is 1.08. The number of anilines is 1. The van der Waals surface area contributed by atoms with Gasteiger partial charge in [-0.2, -0.15) is 0 Å². The standard InChI is InChI=1S/C13H16N4/c1-4-14-13-10(3)12(16-8-17-13)11-6-5-9(2)15-7-11/h5-8H,4H2,1-3H3,(H,14,16,17). The van der Waals surface area contributed by atoms with Gasteiger partial charge in [-0.25, -0.2) is 9.97 Å². The second kappa shape index (κ2) is 4.91. The number of rotatable bonds is 3. The zero-order valence-corrected chi connectivity index (χ0v) is 10.4. The second-order valence-corrected chi connectivity index (χ2v) is 3.91. The molecule has 0 saturated carbocycles. The molecule has 0 aliphatic carbocycles. The van der Waals surface area contributed by atoms with E-state index in [0.717, 1.165) is 34.9 Å². The molecule has 1 N–H and O–H groups in total. The van der Waals surface area contributed by atoms with Gasteiger partial charge < -0.3 is 5.32 Å². The number of aromatic nitrogens is 3. The second-order valence-electron chi connectivity index (χ2n) is 3.91. The maximum atomic E-state index is 4.33. The van der Waals surface area contributed by atoms with Crippen molar-refractivity contribution in [2.45, 2.75) is 20.8 Å². The van der Waals surface area contributed by atoms with Gasteiger partial charge in [0.05, 0.1) is 5.69 Å². The summed E-state index contributed by atoms with van der Waals surface area (Å²) in [6, 6.07) is 4.02. The van der Waals surface area contributed by atoms with Crippen molar-refractivity contribution in [3.63, 3.8) is 0 Å². The molecule has 0 radical (unpaired) electrons. The van der Waals surface area contributed by atoms with Crippen LogP contribution >= 0.6 is 0 Å². The molecule has 0 atom stereocenters. The minimum absolute atomic E-state index is 0.851. The van der Waals surface area contributed by atoms with E-state index < -0.39 is 0 Å². The average molecular weight is 228 g/mol. The molecule has 2 aromatic heterocycles. The van der Waals surface area contributed by atoms with E-state index in [1.54, 1.807) is 6.33 Å². The van der Waals surface area contributed by atoms with Crippen molar-refractivity contribution in [1.29, 1.82) is 0 Å². The number of hydrogen-bond acceptors (Lipinski definition) is 4. The van der Waals surface area contributed by atoms with Crippen molar-refractivity contribution in [1.82, 2.24) is 15.0 Å². The lowest BCUT2D eigenvalue weighted by atomic mass is 10.1. The van der Waals surface area contributed by atoms with Crippen LogP contribution in [0.1, 0.15) is 18.2 Å². The van der Waals surface area contributed by atoms with Crippen LogP contribution in [0.4, 0.5) is 5.82 Å².